The Morgan fingerprint density at radius 2 is 1.32 bits per heavy atom. The second-order valence-electron chi connectivity index (χ2n) is 5.17. The predicted octanol–water partition coefficient (Wildman–Crippen LogP) is 3.52. The lowest BCUT2D eigenvalue weighted by atomic mass is 10.3. The Balaban J connectivity index is 1.51. The molecule has 0 N–H and O–H groups in total. The molecular weight excluding hydrogens is 272 g/mol. The van der Waals surface area contributed by atoms with E-state index in [1.54, 1.807) is 22.7 Å². The van der Waals surface area contributed by atoms with Crippen LogP contribution in [0.2, 0.25) is 0 Å². The third-order valence-electron chi connectivity index (χ3n) is 3.65. The molecule has 0 unspecified atom stereocenters. The van der Waals surface area contributed by atoms with Crippen LogP contribution in [-0.2, 0) is 13.1 Å². The van der Waals surface area contributed by atoms with E-state index in [2.05, 4.69) is 43.5 Å². The molecule has 3 rings (SSSR count). The summed E-state index contributed by atoms with van der Waals surface area (Å²) in [6, 6.07) is 4.50. The van der Waals surface area contributed by atoms with E-state index in [1.807, 2.05) is 0 Å². The van der Waals surface area contributed by atoms with Crippen LogP contribution in [0, 0.1) is 0 Å². The van der Waals surface area contributed by atoms with Gasteiger partial charge in [0.2, 0.25) is 0 Å². The molecule has 1 saturated heterocycles. The molecule has 1 fully saturated rings. The maximum Gasteiger partial charge on any atom is 0.0242 e. The van der Waals surface area contributed by atoms with Gasteiger partial charge in [-0.25, -0.2) is 0 Å². The van der Waals surface area contributed by atoms with Crippen molar-refractivity contribution in [1.29, 1.82) is 0 Å². The molecular formula is C15H20N2S2. The van der Waals surface area contributed by atoms with Gasteiger partial charge < -0.3 is 0 Å². The molecule has 0 aromatic carbocycles. The summed E-state index contributed by atoms with van der Waals surface area (Å²) >= 11 is 3.60. The molecule has 0 amide bonds. The molecule has 0 atom stereocenters. The van der Waals surface area contributed by atoms with E-state index in [0.717, 1.165) is 13.1 Å². The normalized spacial score (nSPS) is 18.5. The minimum atomic E-state index is 1.12. The zero-order valence-electron chi connectivity index (χ0n) is 11.1. The van der Waals surface area contributed by atoms with E-state index in [1.165, 1.54) is 43.7 Å². The van der Waals surface area contributed by atoms with Crippen molar-refractivity contribution in [3.63, 3.8) is 0 Å². The van der Waals surface area contributed by atoms with Gasteiger partial charge in [-0.05, 0) is 64.3 Å². The van der Waals surface area contributed by atoms with Crippen molar-refractivity contribution in [2.45, 2.75) is 19.5 Å². The average molecular weight is 292 g/mol. The fraction of sp³-hybridized carbons (Fsp3) is 0.467. The minimum absolute atomic E-state index is 1.12. The molecule has 2 aromatic rings. The van der Waals surface area contributed by atoms with Gasteiger partial charge in [-0.2, -0.15) is 22.7 Å². The fourth-order valence-electron chi connectivity index (χ4n) is 2.62. The van der Waals surface area contributed by atoms with Crippen molar-refractivity contribution in [2.75, 3.05) is 26.2 Å². The summed E-state index contributed by atoms with van der Waals surface area (Å²) in [4.78, 5) is 5.19. The van der Waals surface area contributed by atoms with Crippen LogP contribution in [0.25, 0.3) is 0 Å². The maximum atomic E-state index is 2.59. The van der Waals surface area contributed by atoms with E-state index in [-0.39, 0.29) is 0 Å². The molecule has 4 heteroatoms. The standard InChI is InChI=1S/C15H20N2S2/c1-4-16(10-14-2-8-18-12-14)6-7-17(5-1)11-15-3-9-19-13-15/h2-3,8-9,12-13H,1,4-7,10-11H2. The molecule has 2 nitrogen and oxygen atoms in total. The van der Waals surface area contributed by atoms with E-state index in [0.29, 0.717) is 0 Å². The highest BCUT2D eigenvalue weighted by molar-refractivity contribution is 7.08. The quantitative estimate of drug-likeness (QED) is 0.851. The van der Waals surface area contributed by atoms with Crippen molar-refractivity contribution in [3.05, 3.63) is 44.8 Å². The first kappa shape index (κ1) is 13.3. The van der Waals surface area contributed by atoms with Gasteiger partial charge in [0.25, 0.3) is 0 Å². The molecule has 2 aromatic heterocycles. The topological polar surface area (TPSA) is 6.48 Å². The Kier molecular flexibility index (Phi) is 4.66. The van der Waals surface area contributed by atoms with Crippen molar-refractivity contribution in [3.8, 4) is 0 Å². The first-order valence-electron chi connectivity index (χ1n) is 6.87. The van der Waals surface area contributed by atoms with E-state index in [4.69, 9.17) is 0 Å². The lowest BCUT2D eigenvalue weighted by Gasteiger charge is -2.21. The van der Waals surface area contributed by atoms with Crippen LogP contribution in [0.4, 0.5) is 0 Å². The summed E-state index contributed by atoms with van der Waals surface area (Å²) in [5.41, 5.74) is 2.94. The van der Waals surface area contributed by atoms with Crippen LogP contribution in [0.1, 0.15) is 17.5 Å². The fourth-order valence-corrected chi connectivity index (χ4v) is 3.94. The highest BCUT2D eigenvalue weighted by Crippen LogP contribution is 2.14. The van der Waals surface area contributed by atoms with Crippen molar-refractivity contribution >= 4 is 22.7 Å². The molecule has 0 radical (unpaired) electrons. The first-order chi connectivity index (χ1) is 9.40. The van der Waals surface area contributed by atoms with Gasteiger partial charge in [-0.3, -0.25) is 9.80 Å². The zero-order chi connectivity index (χ0) is 12.9. The summed E-state index contributed by atoms with van der Waals surface area (Å²) in [7, 11) is 0. The molecule has 0 bridgehead atoms. The van der Waals surface area contributed by atoms with Gasteiger partial charge in [0, 0.05) is 26.2 Å². The number of rotatable bonds is 4. The van der Waals surface area contributed by atoms with Crippen LogP contribution in [-0.4, -0.2) is 36.0 Å². The molecule has 3 heterocycles. The maximum absolute atomic E-state index is 2.59. The van der Waals surface area contributed by atoms with Gasteiger partial charge in [-0.15, -0.1) is 0 Å². The van der Waals surface area contributed by atoms with Gasteiger partial charge in [-0.1, -0.05) is 0 Å². The zero-order valence-corrected chi connectivity index (χ0v) is 12.8. The first-order valence-corrected chi connectivity index (χ1v) is 8.75. The third-order valence-corrected chi connectivity index (χ3v) is 5.12. The smallest absolute Gasteiger partial charge is 0.0242 e. The Morgan fingerprint density at radius 3 is 1.74 bits per heavy atom. The predicted molar refractivity (Wildman–Crippen MR) is 83.8 cm³/mol. The SMILES string of the molecule is c1cc(CN2CCCN(Cc3ccsc3)CC2)cs1. The summed E-state index contributed by atoms with van der Waals surface area (Å²) in [5.74, 6) is 0. The van der Waals surface area contributed by atoms with Crippen molar-refractivity contribution in [2.24, 2.45) is 0 Å². The highest BCUT2D eigenvalue weighted by Gasteiger charge is 2.15. The molecule has 0 aliphatic carbocycles. The van der Waals surface area contributed by atoms with Crippen LogP contribution in [0.5, 0.6) is 0 Å². The minimum Gasteiger partial charge on any atom is -0.298 e. The molecule has 102 valence electrons. The van der Waals surface area contributed by atoms with Crippen molar-refractivity contribution in [1.82, 2.24) is 9.80 Å². The second kappa shape index (κ2) is 6.66. The Hall–Kier alpha value is -0.680. The van der Waals surface area contributed by atoms with E-state index in [9.17, 15) is 0 Å². The molecule has 19 heavy (non-hydrogen) atoms. The molecule has 1 aliphatic heterocycles. The van der Waals surface area contributed by atoms with Gasteiger partial charge >= 0.3 is 0 Å². The van der Waals surface area contributed by atoms with Crippen molar-refractivity contribution < 1.29 is 0 Å². The summed E-state index contributed by atoms with van der Waals surface area (Å²) in [6.45, 7) is 7.09. The molecule has 0 spiro atoms. The van der Waals surface area contributed by atoms with Gasteiger partial charge in [0.15, 0.2) is 0 Å². The summed E-state index contributed by atoms with van der Waals surface area (Å²) < 4.78 is 0. The van der Waals surface area contributed by atoms with Crippen LogP contribution >= 0.6 is 22.7 Å². The Labute approximate surface area is 123 Å². The highest BCUT2D eigenvalue weighted by atomic mass is 32.1. The Morgan fingerprint density at radius 1 is 0.789 bits per heavy atom. The monoisotopic (exact) mass is 292 g/mol. The number of thiophene rings is 2. The third kappa shape index (κ3) is 3.89. The van der Waals surface area contributed by atoms with Gasteiger partial charge in [0.1, 0.15) is 0 Å². The number of hydrogen-bond donors (Lipinski definition) is 0. The second-order valence-corrected chi connectivity index (χ2v) is 6.73. The largest absolute Gasteiger partial charge is 0.298 e. The average Bonchev–Trinajstić information content (AvgIpc) is 3.04. The molecule has 1 aliphatic rings. The van der Waals surface area contributed by atoms with Gasteiger partial charge in [0.05, 0.1) is 0 Å². The lowest BCUT2D eigenvalue weighted by molar-refractivity contribution is 0.247. The number of hydrogen-bond acceptors (Lipinski definition) is 4. The van der Waals surface area contributed by atoms with Crippen LogP contribution in [0.15, 0.2) is 33.7 Å². The summed E-state index contributed by atoms with van der Waals surface area (Å²) in [5, 5.41) is 8.90. The summed E-state index contributed by atoms with van der Waals surface area (Å²) in [6.07, 6.45) is 1.29. The van der Waals surface area contributed by atoms with Crippen LogP contribution < -0.4 is 0 Å². The van der Waals surface area contributed by atoms with Crippen LogP contribution in [0.3, 0.4) is 0 Å². The lowest BCUT2D eigenvalue weighted by Crippen LogP contribution is -2.30. The Bertz CT molecular complexity index is 420. The van der Waals surface area contributed by atoms with E-state index >= 15 is 0 Å². The number of nitrogens with zero attached hydrogens (tertiary/aromatic N) is 2. The molecule has 0 saturated carbocycles. The van der Waals surface area contributed by atoms with E-state index < -0.39 is 0 Å².